The third-order valence-electron chi connectivity index (χ3n) is 2.06. The first-order valence-corrected chi connectivity index (χ1v) is 8.19. The number of hydrogen-bond acceptors (Lipinski definition) is 3. The Hall–Kier alpha value is 1.06. The average Bonchev–Trinajstić information content (AvgIpc) is 2.24. The molecule has 1 aliphatic carbocycles. The van der Waals surface area contributed by atoms with E-state index in [1.54, 1.807) is 0 Å². The quantitative estimate of drug-likeness (QED) is 0.353. The van der Waals surface area contributed by atoms with E-state index in [0.717, 1.165) is 7.16 Å². The zero-order chi connectivity index (χ0) is 13.0. The number of nitrogens with one attached hydrogen (secondary N) is 1. The first-order valence-electron chi connectivity index (χ1n) is 4.78. The summed E-state index contributed by atoms with van der Waals surface area (Å²) in [5.41, 5.74) is 0. The predicted molar refractivity (Wildman–Crippen MR) is 91.4 cm³/mol. The number of amides is 1. The molecule has 0 aliphatic heterocycles. The number of carbonyl (C=O) groups excluding carboxylic acids is 1. The van der Waals surface area contributed by atoms with E-state index in [1.165, 1.54) is 0 Å². The van der Waals surface area contributed by atoms with Crippen LogP contribution in [0.3, 0.4) is 0 Å². The normalized spacial score (nSPS) is 22.8. The number of halogens is 3. The maximum absolute atomic E-state index is 11.9. The van der Waals surface area contributed by atoms with E-state index in [4.69, 9.17) is 5.11 Å². The number of alkyl halides is 1. The van der Waals surface area contributed by atoms with Gasteiger partial charge in [0.05, 0.1) is 16.6 Å². The van der Waals surface area contributed by atoms with Gasteiger partial charge in [-0.2, -0.15) is 0 Å². The van der Waals surface area contributed by atoms with Crippen molar-refractivity contribution in [2.24, 2.45) is 0 Å². The molecule has 0 aromatic rings. The van der Waals surface area contributed by atoms with Crippen LogP contribution in [0.5, 0.6) is 0 Å². The highest BCUT2D eigenvalue weighted by atomic mass is 127. The van der Waals surface area contributed by atoms with Gasteiger partial charge in [-0.1, -0.05) is 28.7 Å². The van der Waals surface area contributed by atoms with E-state index in [9.17, 15) is 9.90 Å². The molecule has 0 aromatic carbocycles. The molecule has 0 spiro atoms. The standard InChI is InChI=1S/C10H11I3NO3/c11-5-1-7(12)9(8(13)2-5)10(17)14-3-6(16)4-15/h1-2,6-7,15-16H,3-4H2,(H,14,17). The molecule has 2 unspecified atom stereocenters. The Morgan fingerprint density at radius 1 is 1.53 bits per heavy atom. The molecule has 0 heterocycles. The topological polar surface area (TPSA) is 69.6 Å². The Bertz CT molecular complexity index is 357. The molecule has 0 saturated heterocycles. The number of carbonyl (C=O) groups is 1. The lowest BCUT2D eigenvalue weighted by atomic mass is 10.00. The van der Waals surface area contributed by atoms with Gasteiger partial charge in [0.15, 0.2) is 0 Å². The van der Waals surface area contributed by atoms with Crippen molar-refractivity contribution < 1.29 is 15.0 Å². The van der Waals surface area contributed by atoms with Crippen LogP contribution in [0.15, 0.2) is 19.3 Å². The fourth-order valence-electron chi connectivity index (χ4n) is 1.21. The van der Waals surface area contributed by atoms with E-state index in [0.29, 0.717) is 5.92 Å². The molecule has 0 saturated carbocycles. The maximum Gasteiger partial charge on any atom is 0.234 e. The number of aliphatic hydroxyl groups excluding tert-OH is 2. The van der Waals surface area contributed by atoms with E-state index < -0.39 is 6.10 Å². The number of aliphatic hydroxyl groups is 2. The van der Waals surface area contributed by atoms with Gasteiger partial charge in [-0.15, -0.1) is 0 Å². The molecule has 1 amide bonds. The third-order valence-corrected chi connectivity index (χ3v) is 4.60. The smallest absolute Gasteiger partial charge is 0.234 e. The van der Waals surface area contributed by atoms with Crippen LogP contribution in [0, 0.1) is 5.92 Å². The van der Waals surface area contributed by atoms with E-state index in [1.807, 2.05) is 12.2 Å². The maximum atomic E-state index is 11.9. The van der Waals surface area contributed by atoms with Crippen LogP contribution in [0.2, 0.25) is 0 Å². The SMILES string of the molecule is O=C(NCC(O)CO)[C]1C(I)=CC(I)=CC1I. The summed E-state index contributed by atoms with van der Waals surface area (Å²) in [6, 6.07) is 0. The summed E-state index contributed by atoms with van der Waals surface area (Å²) in [6.07, 6.45) is 3.03. The van der Waals surface area contributed by atoms with Crippen molar-refractivity contribution in [3.63, 3.8) is 0 Å². The second-order valence-electron chi connectivity index (χ2n) is 3.41. The van der Waals surface area contributed by atoms with Gasteiger partial charge >= 0.3 is 0 Å². The Morgan fingerprint density at radius 3 is 2.71 bits per heavy atom. The van der Waals surface area contributed by atoms with E-state index >= 15 is 0 Å². The summed E-state index contributed by atoms with van der Waals surface area (Å²) >= 11 is 6.54. The van der Waals surface area contributed by atoms with Gasteiger partial charge < -0.3 is 15.5 Å². The molecule has 1 rings (SSSR count). The molecule has 1 aliphatic rings. The Kier molecular flexibility index (Phi) is 7.21. The van der Waals surface area contributed by atoms with Gasteiger partial charge in [-0.25, -0.2) is 0 Å². The fraction of sp³-hybridized carbons (Fsp3) is 0.400. The van der Waals surface area contributed by atoms with Crippen LogP contribution in [-0.2, 0) is 4.79 Å². The molecule has 2 atom stereocenters. The van der Waals surface area contributed by atoms with Crippen molar-refractivity contribution in [2.75, 3.05) is 13.2 Å². The second-order valence-corrected chi connectivity index (χ2v) is 7.16. The van der Waals surface area contributed by atoms with Gasteiger partial charge in [0.25, 0.3) is 0 Å². The molecule has 0 fully saturated rings. The van der Waals surface area contributed by atoms with E-state index in [-0.39, 0.29) is 23.0 Å². The largest absolute Gasteiger partial charge is 0.394 e. The van der Waals surface area contributed by atoms with E-state index in [2.05, 4.69) is 73.1 Å². The van der Waals surface area contributed by atoms with Crippen LogP contribution < -0.4 is 5.32 Å². The lowest BCUT2D eigenvalue weighted by Gasteiger charge is -2.22. The monoisotopic (exact) mass is 574 g/mol. The Morgan fingerprint density at radius 2 is 2.18 bits per heavy atom. The van der Waals surface area contributed by atoms with Crippen LogP contribution in [0.4, 0.5) is 0 Å². The predicted octanol–water partition coefficient (Wildman–Crippen LogP) is 1.49. The highest BCUT2D eigenvalue weighted by molar-refractivity contribution is 14.1. The molecule has 1 radical (unpaired) electrons. The van der Waals surface area contributed by atoms with Gasteiger partial charge in [0, 0.05) is 13.7 Å². The lowest BCUT2D eigenvalue weighted by molar-refractivity contribution is -0.119. The Balaban J connectivity index is 2.61. The average molecular weight is 574 g/mol. The highest BCUT2D eigenvalue weighted by Crippen LogP contribution is 2.37. The third kappa shape index (κ3) is 4.91. The van der Waals surface area contributed by atoms with Gasteiger partial charge in [-0.05, 0) is 51.3 Å². The molecule has 17 heavy (non-hydrogen) atoms. The van der Waals surface area contributed by atoms with Crippen molar-refractivity contribution in [2.45, 2.75) is 10.0 Å². The summed E-state index contributed by atoms with van der Waals surface area (Å²) in [6.45, 7) is -0.291. The number of hydrogen-bond donors (Lipinski definition) is 3. The zero-order valence-electron chi connectivity index (χ0n) is 8.66. The van der Waals surface area contributed by atoms with Crippen LogP contribution >= 0.6 is 67.8 Å². The number of allylic oxidation sites excluding steroid dienone is 3. The van der Waals surface area contributed by atoms with Gasteiger partial charge in [0.2, 0.25) is 5.91 Å². The van der Waals surface area contributed by atoms with Crippen molar-refractivity contribution in [3.8, 4) is 0 Å². The summed E-state index contributed by atoms with van der Waals surface area (Å²) in [7, 11) is 0. The molecule has 3 N–H and O–H groups in total. The molecule has 7 heteroatoms. The van der Waals surface area contributed by atoms with Gasteiger partial charge in [-0.3, -0.25) is 4.79 Å². The Labute approximate surface area is 141 Å². The lowest BCUT2D eigenvalue weighted by Crippen LogP contribution is -2.39. The highest BCUT2D eigenvalue weighted by Gasteiger charge is 2.31. The summed E-state index contributed by atoms with van der Waals surface area (Å²) < 4.78 is 2.05. The summed E-state index contributed by atoms with van der Waals surface area (Å²) in [4.78, 5) is 11.9. The molecule has 4 nitrogen and oxygen atoms in total. The first-order chi connectivity index (χ1) is 7.95. The number of rotatable bonds is 4. The van der Waals surface area contributed by atoms with Gasteiger partial charge in [0.1, 0.15) is 5.92 Å². The minimum Gasteiger partial charge on any atom is -0.394 e. The van der Waals surface area contributed by atoms with Crippen molar-refractivity contribution in [1.82, 2.24) is 5.32 Å². The van der Waals surface area contributed by atoms with Crippen LogP contribution in [-0.4, -0.2) is 39.3 Å². The second kappa shape index (κ2) is 7.60. The van der Waals surface area contributed by atoms with Crippen LogP contribution in [0.1, 0.15) is 0 Å². The minimum absolute atomic E-state index is 0.0302. The molecular formula is C10H11I3NO3. The van der Waals surface area contributed by atoms with Crippen molar-refractivity contribution in [3.05, 3.63) is 25.2 Å². The first kappa shape index (κ1) is 16.1. The summed E-state index contributed by atoms with van der Waals surface area (Å²) in [5, 5.41) is 20.4. The van der Waals surface area contributed by atoms with Crippen molar-refractivity contribution >= 4 is 73.7 Å². The van der Waals surface area contributed by atoms with Crippen molar-refractivity contribution in [1.29, 1.82) is 0 Å². The molecular weight excluding hydrogens is 563 g/mol. The molecule has 0 bridgehead atoms. The van der Waals surface area contributed by atoms with Crippen LogP contribution in [0.25, 0.3) is 0 Å². The fourth-order valence-corrected chi connectivity index (χ4v) is 5.68. The minimum atomic E-state index is -0.909. The molecule has 0 aromatic heterocycles. The molecule has 95 valence electrons. The summed E-state index contributed by atoms with van der Waals surface area (Å²) in [5.74, 6) is 0.495. The zero-order valence-corrected chi connectivity index (χ0v) is 15.1.